The van der Waals surface area contributed by atoms with E-state index in [2.05, 4.69) is 26.8 Å². The van der Waals surface area contributed by atoms with Crippen LogP contribution in [-0.4, -0.2) is 22.3 Å². The normalized spacial score (nSPS) is 47.4. The molecule has 0 aromatic carbocycles. The van der Waals surface area contributed by atoms with Gasteiger partial charge in [-0.3, -0.25) is 4.79 Å². The van der Waals surface area contributed by atoms with Gasteiger partial charge in [0.25, 0.3) is 0 Å². The van der Waals surface area contributed by atoms with Crippen molar-refractivity contribution < 1.29 is 15.0 Å². The lowest BCUT2D eigenvalue weighted by Gasteiger charge is -2.58. The second kappa shape index (κ2) is 6.90. The molecule has 0 aromatic rings. The molecule has 0 spiro atoms. The number of carboxylic acid groups (broad SMARTS) is 1. The average Bonchev–Trinajstić information content (AvgIpc) is 2.97. The molecular formula is C24H38O3. The predicted octanol–water partition coefficient (Wildman–Crippen LogP) is 5.43. The maximum Gasteiger partial charge on any atom is 0.303 e. The fraction of sp³-hybridized carbons (Fsp3) is 0.875. The SMILES string of the molecule is C[C@@H](CCC(=O)O)[C@H]1CCC2C3CC=C4C[C@@H](O)CC[C@]4(C)C3CC[C@@]21C. The zero-order chi connectivity index (χ0) is 19.4. The van der Waals surface area contributed by atoms with E-state index in [1.807, 2.05) is 0 Å². The number of carboxylic acids is 1. The Balaban J connectivity index is 1.54. The summed E-state index contributed by atoms with van der Waals surface area (Å²) in [5.74, 6) is 2.94. The lowest BCUT2D eigenvalue weighted by Crippen LogP contribution is -2.50. The van der Waals surface area contributed by atoms with E-state index in [-0.39, 0.29) is 6.10 Å². The van der Waals surface area contributed by atoms with Crippen molar-refractivity contribution in [2.45, 2.75) is 91.1 Å². The Morgan fingerprint density at radius 3 is 2.70 bits per heavy atom. The number of hydrogen-bond donors (Lipinski definition) is 2. The van der Waals surface area contributed by atoms with Crippen molar-refractivity contribution in [3.63, 3.8) is 0 Å². The van der Waals surface area contributed by atoms with Crippen LogP contribution in [0.5, 0.6) is 0 Å². The van der Waals surface area contributed by atoms with Gasteiger partial charge in [0.05, 0.1) is 6.10 Å². The molecule has 0 bridgehead atoms. The highest BCUT2D eigenvalue weighted by molar-refractivity contribution is 5.66. The van der Waals surface area contributed by atoms with Gasteiger partial charge in [-0.1, -0.05) is 32.4 Å². The molecule has 152 valence electrons. The van der Waals surface area contributed by atoms with Gasteiger partial charge >= 0.3 is 5.97 Å². The summed E-state index contributed by atoms with van der Waals surface area (Å²) in [5.41, 5.74) is 2.27. The molecule has 4 aliphatic carbocycles. The molecule has 3 unspecified atom stereocenters. The van der Waals surface area contributed by atoms with Crippen LogP contribution in [0.3, 0.4) is 0 Å². The monoisotopic (exact) mass is 374 g/mol. The van der Waals surface area contributed by atoms with E-state index < -0.39 is 5.97 Å². The Morgan fingerprint density at radius 1 is 1.19 bits per heavy atom. The summed E-state index contributed by atoms with van der Waals surface area (Å²) in [6, 6.07) is 0. The summed E-state index contributed by atoms with van der Waals surface area (Å²) in [5, 5.41) is 19.2. The van der Waals surface area contributed by atoms with Crippen LogP contribution in [0.1, 0.15) is 85.0 Å². The third kappa shape index (κ3) is 3.09. The van der Waals surface area contributed by atoms with Crippen LogP contribution in [0.25, 0.3) is 0 Å². The lowest BCUT2D eigenvalue weighted by atomic mass is 9.47. The Labute approximate surface area is 164 Å². The molecule has 0 saturated heterocycles. The van der Waals surface area contributed by atoms with Crippen molar-refractivity contribution >= 4 is 5.97 Å². The number of allylic oxidation sites excluding steroid dienone is 1. The van der Waals surface area contributed by atoms with Crippen LogP contribution in [0.2, 0.25) is 0 Å². The Bertz CT molecular complexity index is 625. The minimum atomic E-state index is -0.650. The van der Waals surface area contributed by atoms with Crippen LogP contribution in [0.15, 0.2) is 11.6 Å². The number of aliphatic hydroxyl groups excluding tert-OH is 1. The Hall–Kier alpha value is -0.830. The van der Waals surface area contributed by atoms with Crippen molar-refractivity contribution in [3.8, 4) is 0 Å². The fourth-order valence-corrected chi connectivity index (χ4v) is 8.17. The first kappa shape index (κ1) is 19.5. The summed E-state index contributed by atoms with van der Waals surface area (Å²) in [6.07, 6.45) is 13.0. The van der Waals surface area contributed by atoms with Crippen LogP contribution >= 0.6 is 0 Å². The van der Waals surface area contributed by atoms with E-state index in [0.29, 0.717) is 29.1 Å². The second-order valence-electron chi connectivity index (χ2n) is 10.8. The standard InChI is InChI=1S/C24H38O3/c1-15(4-9-22(26)27)19-7-8-20-18-6-5-16-14-17(25)10-12-23(16,2)21(18)11-13-24(19,20)3/h5,15,17-21,25H,4,6-14H2,1-3H3,(H,26,27)/t15-,17-,18?,19+,20?,21?,23-,24+/m0/s1. The average molecular weight is 375 g/mol. The molecule has 0 radical (unpaired) electrons. The van der Waals surface area contributed by atoms with Crippen LogP contribution in [0.4, 0.5) is 0 Å². The van der Waals surface area contributed by atoms with E-state index in [9.17, 15) is 9.90 Å². The van der Waals surface area contributed by atoms with Gasteiger partial charge in [-0.2, -0.15) is 0 Å². The molecule has 0 heterocycles. The Morgan fingerprint density at radius 2 is 1.96 bits per heavy atom. The quantitative estimate of drug-likeness (QED) is 0.645. The predicted molar refractivity (Wildman–Crippen MR) is 107 cm³/mol. The maximum atomic E-state index is 11.0. The summed E-state index contributed by atoms with van der Waals surface area (Å²) in [4.78, 5) is 11.0. The molecule has 3 saturated carbocycles. The van der Waals surface area contributed by atoms with Gasteiger partial charge in [0.2, 0.25) is 0 Å². The summed E-state index contributed by atoms with van der Waals surface area (Å²) in [6.45, 7) is 7.33. The molecule has 27 heavy (non-hydrogen) atoms. The number of hydrogen-bond acceptors (Lipinski definition) is 2. The number of carbonyl (C=O) groups is 1. The molecule has 3 nitrogen and oxygen atoms in total. The smallest absolute Gasteiger partial charge is 0.303 e. The van der Waals surface area contributed by atoms with Crippen molar-refractivity contribution in [1.29, 1.82) is 0 Å². The molecule has 0 amide bonds. The highest BCUT2D eigenvalue weighted by atomic mass is 16.4. The van der Waals surface area contributed by atoms with Crippen molar-refractivity contribution in [1.82, 2.24) is 0 Å². The molecule has 0 aromatic heterocycles. The Kier molecular flexibility index (Phi) is 4.98. The van der Waals surface area contributed by atoms with E-state index in [1.165, 1.54) is 32.1 Å². The number of aliphatic hydroxyl groups is 1. The van der Waals surface area contributed by atoms with Crippen LogP contribution in [-0.2, 0) is 4.79 Å². The topological polar surface area (TPSA) is 57.5 Å². The molecule has 4 rings (SSSR count). The van der Waals surface area contributed by atoms with Crippen molar-refractivity contribution in [2.75, 3.05) is 0 Å². The van der Waals surface area contributed by atoms with Gasteiger partial charge in [-0.25, -0.2) is 0 Å². The summed E-state index contributed by atoms with van der Waals surface area (Å²) < 4.78 is 0. The maximum absolute atomic E-state index is 11.0. The third-order valence-electron chi connectivity index (χ3n) is 9.65. The zero-order valence-electron chi connectivity index (χ0n) is 17.4. The van der Waals surface area contributed by atoms with Gasteiger partial charge in [-0.05, 0) is 98.2 Å². The molecule has 4 aliphatic rings. The largest absolute Gasteiger partial charge is 0.481 e. The van der Waals surface area contributed by atoms with Crippen LogP contribution < -0.4 is 0 Å². The molecular weight excluding hydrogens is 336 g/mol. The first-order valence-electron chi connectivity index (χ1n) is 11.3. The van der Waals surface area contributed by atoms with E-state index in [1.54, 1.807) is 5.57 Å². The van der Waals surface area contributed by atoms with Gasteiger partial charge in [0.1, 0.15) is 0 Å². The number of aliphatic carboxylic acids is 1. The van der Waals surface area contributed by atoms with Crippen molar-refractivity contribution in [3.05, 3.63) is 11.6 Å². The first-order chi connectivity index (χ1) is 12.8. The zero-order valence-corrected chi connectivity index (χ0v) is 17.4. The number of rotatable bonds is 4. The van der Waals surface area contributed by atoms with E-state index in [4.69, 9.17) is 5.11 Å². The van der Waals surface area contributed by atoms with E-state index in [0.717, 1.165) is 43.4 Å². The molecule has 0 aliphatic heterocycles. The minimum absolute atomic E-state index is 0.124. The molecule has 3 fully saturated rings. The minimum Gasteiger partial charge on any atom is -0.481 e. The second-order valence-corrected chi connectivity index (χ2v) is 10.8. The van der Waals surface area contributed by atoms with Gasteiger partial charge < -0.3 is 10.2 Å². The van der Waals surface area contributed by atoms with Crippen molar-refractivity contribution in [2.24, 2.45) is 40.4 Å². The van der Waals surface area contributed by atoms with Gasteiger partial charge in [0, 0.05) is 6.42 Å². The summed E-state index contributed by atoms with van der Waals surface area (Å²) >= 11 is 0. The van der Waals surface area contributed by atoms with Crippen LogP contribution in [0, 0.1) is 40.4 Å². The third-order valence-corrected chi connectivity index (χ3v) is 9.65. The highest BCUT2D eigenvalue weighted by Gasteiger charge is 2.59. The van der Waals surface area contributed by atoms with E-state index >= 15 is 0 Å². The number of fused-ring (bicyclic) bond motifs is 5. The molecule has 8 atom stereocenters. The fourth-order valence-electron chi connectivity index (χ4n) is 8.17. The summed E-state index contributed by atoms with van der Waals surface area (Å²) in [7, 11) is 0. The highest BCUT2D eigenvalue weighted by Crippen LogP contribution is 2.67. The lowest BCUT2D eigenvalue weighted by molar-refractivity contribution is -0.137. The van der Waals surface area contributed by atoms with Gasteiger partial charge in [-0.15, -0.1) is 0 Å². The van der Waals surface area contributed by atoms with Gasteiger partial charge in [0.15, 0.2) is 0 Å². The molecule has 3 heteroatoms. The first-order valence-corrected chi connectivity index (χ1v) is 11.3. The molecule has 2 N–H and O–H groups in total.